The number of aromatic nitrogens is 2. The smallest absolute Gasteiger partial charge is 0.138 e. The Balaban J connectivity index is 1.93. The number of pyridine rings is 1. The van der Waals surface area contributed by atoms with Crippen molar-refractivity contribution >= 4 is 27.5 Å². The monoisotopic (exact) mass is 328 g/mol. The molecule has 0 amide bonds. The molecule has 0 aliphatic rings. The van der Waals surface area contributed by atoms with Gasteiger partial charge in [0.05, 0.1) is 36.3 Å². The Kier molecular flexibility index (Phi) is 2.88. The van der Waals surface area contributed by atoms with Crippen LogP contribution in [0.15, 0.2) is 60.7 Å². The summed E-state index contributed by atoms with van der Waals surface area (Å²) in [6.07, 6.45) is 0. The molecule has 0 spiro atoms. The van der Waals surface area contributed by atoms with E-state index in [1.807, 2.05) is 36.4 Å². The highest BCUT2D eigenvalue weighted by Crippen LogP contribution is 2.40. The maximum atomic E-state index is 5.61. The van der Waals surface area contributed by atoms with E-state index in [0.29, 0.717) is 0 Å². The van der Waals surface area contributed by atoms with Gasteiger partial charge in [0.25, 0.3) is 0 Å². The van der Waals surface area contributed by atoms with Gasteiger partial charge in [-0.25, -0.2) is 4.98 Å². The van der Waals surface area contributed by atoms with E-state index in [2.05, 4.69) is 28.7 Å². The van der Waals surface area contributed by atoms with E-state index in [-0.39, 0.29) is 0 Å². The molecule has 0 radical (unpaired) electrons. The maximum Gasteiger partial charge on any atom is 0.138 e. The van der Waals surface area contributed by atoms with Crippen LogP contribution in [0.25, 0.3) is 38.7 Å². The van der Waals surface area contributed by atoms with E-state index in [1.54, 1.807) is 14.2 Å². The average Bonchev–Trinajstić information content (AvgIpc) is 3.22. The van der Waals surface area contributed by atoms with E-state index in [1.165, 1.54) is 0 Å². The summed E-state index contributed by atoms with van der Waals surface area (Å²) >= 11 is 0. The predicted octanol–water partition coefficient (Wildman–Crippen LogP) is 4.76. The molecule has 25 heavy (non-hydrogen) atoms. The van der Waals surface area contributed by atoms with Gasteiger partial charge in [0.15, 0.2) is 0 Å². The standard InChI is InChI=1S/C21H16N2O2/c1-24-14-11-9-13(10-12-14)20-21-15-5-3-7-17(25-2)19(15)16-6-4-8-18(22-20)23(16)21/h3-12H,1-2H3. The van der Waals surface area contributed by atoms with Gasteiger partial charge in [0, 0.05) is 10.9 Å². The first kappa shape index (κ1) is 14.1. The van der Waals surface area contributed by atoms with Crippen LogP contribution in [-0.2, 0) is 0 Å². The summed E-state index contributed by atoms with van der Waals surface area (Å²) < 4.78 is 13.1. The molecule has 2 aromatic carbocycles. The summed E-state index contributed by atoms with van der Waals surface area (Å²) in [6.45, 7) is 0. The summed E-state index contributed by atoms with van der Waals surface area (Å²) in [6, 6.07) is 20.4. The average molecular weight is 328 g/mol. The topological polar surface area (TPSA) is 35.8 Å². The Hall–Kier alpha value is -3.27. The van der Waals surface area contributed by atoms with Crippen molar-refractivity contribution in [2.24, 2.45) is 0 Å². The number of fused-ring (bicyclic) bond motifs is 3. The van der Waals surface area contributed by atoms with Gasteiger partial charge in [-0.2, -0.15) is 0 Å². The second-order valence-corrected chi connectivity index (χ2v) is 6.02. The van der Waals surface area contributed by atoms with Crippen LogP contribution in [-0.4, -0.2) is 23.6 Å². The van der Waals surface area contributed by atoms with Crippen LogP contribution < -0.4 is 9.47 Å². The Labute approximate surface area is 144 Å². The Morgan fingerprint density at radius 2 is 1.64 bits per heavy atom. The highest BCUT2D eigenvalue weighted by atomic mass is 16.5. The molecular formula is C21H16N2O2. The summed E-state index contributed by atoms with van der Waals surface area (Å²) in [5.41, 5.74) is 5.22. The second-order valence-electron chi connectivity index (χ2n) is 6.02. The number of benzene rings is 2. The molecule has 5 aromatic rings. The molecular weight excluding hydrogens is 312 g/mol. The number of hydrogen-bond donors (Lipinski definition) is 0. The van der Waals surface area contributed by atoms with E-state index in [4.69, 9.17) is 14.5 Å². The minimum atomic E-state index is 0.840. The first-order valence-corrected chi connectivity index (χ1v) is 8.15. The van der Waals surface area contributed by atoms with Crippen LogP contribution in [0.2, 0.25) is 0 Å². The Bertz CT molecular complexity index is 1210. The minimum Gasteiger partial charge on any atom is -0.497 e. The summed E-state index contributed by atoms with van der Waals surface area (Å²) in [4.78, 5) is 4.89. The third kappa shape index (κ3) is 1.85. The zero-order chi connectivity index (χ0) is 17.0. The zero-order valence-corrected chi connectivity index (χ0v) is 14.0. The van der Waals surface area contributed by atoms with Gasteiger partial charge >= 0.3 is 0 Å². The molecule has 3 aromatic heterocycles. The largest absolute Gasteiger partial charge is 0.497 e. The first-order chi connectivity index (χ1) is 12.3. The van der Waals surface area contributed by atoms with Gasteiger partial charge in [-0.3, -0.25) is 4.40 Å². The summed E-state index contributed by atoms with van der Waals surface area (Å²) in [5, 5.41) is 2.28. The highest BCUT2D eigenvalue weighted by molar-refractivity contribution is 6.16. The van der Waals surface area contributed by atoms with Crippen LogP contribution >= 0.6 is 0 Å². The molecule has 0 aliphatic heterocycles. The number of ether oxygens (including phenoxy) is 2. The molecule has 0 atom stereocenters. The molecule has 0 aliphatic carbocycles. The third-order valence-corrected chi connectivity index (χ3v) is 4.76. The van der Waals surface area contributed by atoms with Crippen molar-refractivity contribution in [1.29, 1.82) is 0 Å². The molecule has 0 N–H and O–H groups in total. The van der Waals surface area contributed by atoms with Crippen molar-refractivity contribution < 1.29 is 9.47 Å². The molecule has 0 fully saturated rings. The lowest BCUT2D eigenvalue weighted by atomic mass is 10.1. The van der Waals surface area contributed by atoms with Crippen LogP contribution in [0, 0.1) is 0 Å². The van der Waals surface area contributed by atoms with Crippen molar-refractivity contribution in [1.82, 2.24) is 9.38 Å². The van der Waals surface area contributed by atoms with Crippen molar-refractivity contribution in [3.05, 3.63) is 60.7 Å². The van der Waals surface area contributed by atoms with Gasteiger partial charge in [-0.1, -0.05) is 18.2 Å². The molecule has 122 valence electrons. The number of rotatable bonds is 3. The zero-order valence-electron chi connectivity index (χ0n) is 14.0. The third-order valence-electron chi connectivity index (χ3n) is 4.76. The van der Waals surface area contributed by atoms with Crippen LogP contribution in [0.3, 0.4) is 0 Å². The molecule has 0 saturated heterocycles. The normalized spacial score (nSPS) is 11.6. The SMILES string of the molecule is COc1ccc(-c2nc3cccc4c5c(OC)cccc5c2n34)cc1. The first-order valence-electron chi connectivity index (χ1n) is 8.15. The lowest BCUT2D eigenvalue weighted by Gasteiger charge is -2.03. The molecule has 4 heteroatoms. The fourth-order valence-electron chi connectivity index (χ4n) is 3.65. The number of methoxy groups -OCH3 is 2. The van der Waals surface area contributed by atoms with Crippen molar-refractivity contribution in [3.63, 3.8) is 0 Å². The molecule has 3 heterocycles. The van der Waals surface area contributed by atoms with Crippen molar-refractivity contribution in [2.45, 2.75) is 0 Å². The van der Waals surface area contributed by atoms with Gasteiger partial charge in [0.1, 0.15) is 17.1 Å². The second kappa shape index (κ2) is 5.11. The van der Waals surface area contributed by atoms with Crippen LogP contribution in [0.1, 0.15) is 0 Å². The van der Waals surface area contributed by atoms with E-state index in [0.717, 1.165) is 50.2 Å². The van der Waals surface area contributed by atoms with E-state index >= 15 is 0 Å². The van der Waals surface area contributed by atoms with E-state index in [9.17, 15) is 0 Å². The molecule has 0 bridgehead atoms. The van der Waals surface area contributed by atoms with Crippen LogP contribution in [0.4, 0.5) is 0 Å². The minimum absolute atomic E-state index is 0.840. The quantitative estimate of drug-likeness (QED) is 0.479. The number of nitrogens with zero attached hydrogens (tertiary/aromatic N) is 2. The van der Waals surface area contributed by atoms with Gasteiger partial charge in [-0.05, 0) is 42.5 Å². The predicted molar refractivity (Wildman–Crippen MR) is 99.9 cm³/mol. The fourth-order valence-corrected chi connectivity index (χ4v) is 3.65. The Morgan fingerprint density at radius 3 is 2.40 bits per heavy atom. The fraction of sp³-hybridized carbons (Fsp3) is 0.0952. The van der Waals surface area contributed by atoms with Gasteiger partial charge in [-0.15, -0.1) is 0 Å². The summed E-state index contributed by atoms with van der Waals surface area (Å²) in [7, 11) is 3.39. The molecule has 5 rings (SSSR count). The van der Waals surface area contributed by atoms with Crippen molar-refractivity contribution in [3.8, 4) is 22.8 Å². The van der Waals surface area contributed by atoms with Gasteiger partial charge in [0.2, 0.25) is 0 Å². The van der Waals surface area contributed by atoms with Crippen molar-refractivity contribution in [2.75, 3.05) is 14.2 Å². The number of imidazole rings is 1. The van der Waals surface area contributed by atoms with E-state index < -0.39 is 0 Å². The highest BCUT2D eigenvalue weighted by Gasteiger charge is 2.20. The molecule has 0 saturated carbocycles. The summed E-state index contributed by atoms with van der Waals surface area (Å²) in [5.74, 6) is 1.72. The van der Waals surface area contributed by atoms with Crippen LogP contribution in [0.5, 0.6) is 11.5 Å². The lowest BCUT2D eigenvalue weighted by Crippen LogP contribution is -1.85. The Morgan fingerprint density at radius 1 is 0.840 bits per heavy atom. The van der Waals surface area contributed by atoms with Gasteiger partial charge < -0.3 is 9.47 Å². The number of hydrogen-bond acceptors (Lipinski definition) is 3. The molecule has 0 unspecified atom stereocenters. The molecule has 4 nitrogen and oxygen atoms in total. The maximum absolute atomic E-state index is 5.61. The lowest BCUT2D eigenvalue weighted by molar-refractivity contribution is 0.415.